The van der Waals surface area contributed by atoms with E-state index in [0.717, 1.165) is 19.5 Å². The summed E-state index contributed by atoms with van der Waals surface area (Å²) in [5.74, 6) is 0.669. The van der Waals surface area contributed by atoms with E-state index in [4.69, 9.17) is 5.14 Å². The predicted octanol–water partition coefficient (Wildman–Crippen LogP) is -0.0167. The molecule has 0 bridgehead atoms. The summed E-state index contributed by atoms with van der Waals surface area (Å²) < 4.78 is 21.6. The van der Waals surface area contributed by atoms with Crippen LogP contribution < -0.4 is 10.5 Å². The van der Waals surface area contributed by atoms with Gasteiger partial charge in [0.15, 0.2) is 0 Å². The molecule has 3 N–H and O–H groups in total. The molecule has 1 rings (SSSR count). The van der Waals surface area contributed by atoms with Crippen molar-refractivity contribution in [2.45, 2.75) is 38.8 Å². The summed E-state index contributed by atoms with van der Waals surface area (Å²) in [7, 11) is -1.16. The molecule has 5 nitrogen and oxygen atoms in total. The first kappa shape index (κ1) is 14.9. The average Bonchev–Trinajstić information content (AvgIpc) is 2.18. The van der Waals surface area contributed by atoms with Gasteiger partial charge in [0.2, 0.25) is 10.0 Å². The molecule has 102 valence electrons. The van der Waals surface area contributed by atoms with Crippen molar-refractivity contribution in [1.29, 1.82) is 0 Å². The molecule has 6 heteroatoms. The summed E-state index contributed by atoms with van der Waals surface area (Å²) in [6.07, 6.45) is 1.71. The minimum Gasteiger partial charge on any atom is -0.314 e. The number of sulfonamides is 1. The van der Waals surface area contributed by atoms with E-state index < -0.39 is 10.0 Å². The van der Waals surface area contributed by atoms with E-state index in [-0.39, 0.29) is 5.75 Å². The Labute approximate surface area is 105 Å². The second-order valence-corrected chi connectivity index (χ2v) is 7.02. The number of nitrogens with one attached hydrogen (secondary N) is 1. The van der Waals surface area contributed by atoms with Crippen molar-refractivity contribution in [3.05, 3.63) is 0 Å². The van der Waals surface area contributed by atoms with E-state index >= 15 is 0 Å². The quantitative estimate of drug-likeness (QED) is 0.684. The van der Waals surface area contributed by atoms with Gasteiger partial charge in [-0.05, 0) is 39.3 Å². The summed E-state index contributed by atoms with van der Waals surface area (Å²) in [4.78, 5) is 2.37. The lowest BCUT2D eigenvalue weighted by atomic mass is 9.90. The fourth-order valence-electron chi connectivity index (χ4n) is 2.39. The highest BCUT2D eigenvalue weighted by Gasteiger charge is 2.28. The molecule has 0 aromatic carbocycles. The van der Waals surface area contributed by atoms with Gasteiger partial charge in [0.1, 0.15) is 0 Å². The Morgan fingerprint density at radius 2 is 2.06 bits per heavy atom. The number of hydrogen-bond acceptors (Lipinski definition) is 4. The van der Waals surface area contributed by atoms with Crippen molar-refractivity contribution in [3.63, 3.8) is 0 Å². The van der Waals surface area contributed by atoms with Gasteiger partial charge in [-0.2, -0.15) is 0 Å². The van der Waals surface area contributed by atoms with Gasteiger partial charge >= 0.3 is 0 Å². The van der Waals surface area contributed by atoms with E-state index in [2.05, 4.69) is 31.1 Å². The summed E-state index contributed by atoms with van der Waals surface area (Å²) in [6.45, 7) is 6.28. The smallest absolute Gasteiger partial charge is 0.209 e. The summed E-state index contributed by atoms with van der Waals surface area (Å²) in [5.41, 5.74) is 0. The van der Waals surface area contributed by atoms with Crippen molar-refractivity contribution in [1.82, 2.24) is 10.2 Å². The normalized spacial score (nSPS) is 31.6. The number of primary sulfonamides is 1. The van der Waals surface area contributed by atoms with Gasteiger partial charge in [-0.25, -0.2) is 13.6 Å². The van der Waals surface area contributed by atoms with Crippen LogP contribution in [0.2, 0.25) is 0 Å². The van der Waals surface area contributed by atoms with Crippen LogP contribution >= 0.6 is 0 Å². The van der Waals surface area contributed by atoms with Crippen LogP contribution in [-0.2, 0) is 10.0 Å². The standard InChI is InChI=1S/C11H25N3O2S/c1-9-8-14(3)10(2)7-11(9)13-5-4-6-17(12,15)16/h9-11,13H,4-8H2,1-3H3,(H2,12,15,16). The molecule has 0 aromatic rings. The van der Waals surface area contributed by atoms with Gasteiger partial charge in [-0.3, -0.25) is 0 Å². The maximum atomic E-state index is 10.8. The first-order valence-electron chi connectivity index (χ1n) is 6.23. The molecule has 0 spiro atoms. The molecular formula is C11H25N3O2S. The van der Waals surface area contributed by atoms with Gasteiger partial charge in [0.05, 0.1) is 5.75 Å². The van der Waals surface area contributed by atoms with Crippen molar-refractivity contribution >= 4 is 10.0 Å². The Bertz CT molecular complexity index is 332. The molecule has 0 radical (unpaired) electrons. The zero-order valence-electron chi connectivity index (χ0n) is 11.0. The second-order valence-electron chi connectivity index (χ2n) is 5.28. The number of piperidine rings is 1. The van der Waals surface area contributed by atoms with Gasteiger partial charge < -0.3 is 10.2 Å². The van der Waals surface area contributed by atoms with Crippen molar-refractivity contribution < 1.29 is 8.42 Å². The lowest BCUT2D eigenvalue weighted by molar-refractivity contribution is 0.122. The SMILES string of the molecule is CC1CN(C)C(C)CC1NCCCS(N)(=O)=O. The summed E-state index contributed by atoms with van der Waals surface area (Å²) in [6, 6.07) is 1.07. The van der Waals surface area contributed by atoms with Crippen LogP contribution in [0.1, 0.15) is 26.7 Å². The van der Waals surface area contributed by atoms with Crippen LogP contribution in [-0.4, -0.2) is 51.3 Å². The molecule has 3 unspecified atom stereocenters. The van der Waals surface area contributed by atoms with Gasteiger partial charge in [-0.1, -0.05) is 6.92 Å². The monoisotopic (exact) mass is 263 g/mol. The maximum absolute atomic E-state index is 10.8. The van der Waals surface area contributed by atoms with Gasteiger partial charge in [-0.15, -0.1) is 0 Å². The molecular weight excluding hydrogens is 238 g/mol. The van der Waals surface area contributed by atoms with E-state index in [0.29, 0.717) is 24.4 Å². The Morgan fingerprint density at radius 1 is 1.41 bits per heavy atom. The third-order valence-electron chi connectivity index (χ3n) is 3.62. The molecule has 1 heterocycles. The van der Waals surface area contributed by atoms with Crippen molar-refractivity contribution in [2.24, 2.45) is 11.1 Å². The Morgan fingerprint density at radius 3 is 2.65 bits per heavy atom. The summed E-state index contributed by atoms with van der Waals surface area (Å²) >= 11 is 0. The lowest BCUT2D eigenvalue weighted by Gasteiger charge is -2.40. The third-order valence-corrected chi connectivity index (χ3v) is 4.48. The predicted molar refractivity (Wildman–Crippen MR) is 70.3 cm³/mol. The highest BCUT2D eigenvalue weighted by molar-refractivity contribution is 7.89. The minimum atomic E-state index is -3.31. The van der Waals surface area contributed by atoms with Crippen molar-refractivity contribution in [3.8, 4) is 0 Å². The topological polar surface area (TPSA) is 75.4 Å². The number of nitrogens with two attached hydrogens (primary N) is 1. The molecule has 1 fully saturated rings. The number of likely N-dealkylation sites (tertiary alicyclic amines) is 1. The molecule has 0 amide bonds. The van der Waals surface area contributed by atoms with E-state index in [1.54, 1.807) is 0 Å². The molecule has 1 saturated heterocycles. The molecule has 3 atom stereocenters. The largest absolute Gasteiger partial charge is 0.314 e. The Kier molecular flexibility index (Phi) is 5.37. The van der Waals surface area contributed by atoms with Gasteiger partial charge in [0, 0.05) is 18.6 Å². The highest BCUT2D eigenvalue weighted by atomic mass is 32.2. The van der Waals surface area contributed by atoms with Crippen LogP contribution in [0.15, 0.2) is 0 Å². The van der Waals surface area contributed by atoms with E-state index in [9.17, 15) is 8.42 Å². The van der Waals surface area contributed by atoms with Gasteiger partial charge in [0.25, 0.3) is 0 Å². The van der Waals surface area contributed by atoms with E-state index in [1.165, 1.54) is 0 Å². The summed E-state index contributed by atoms with van der Waals surface area (Å²) in [5, 5.41) is 8.41. The van der Waals surface area contributed by atoms with Crippen LogP contribution in [0.5, 0.6) is 0 Å². The minimum absolute atomic E-state index is 0.0660. The molecule has 17 heavy (non-hydrogen) atoms. The zero-order chi connectivity index (χ0) is 13.1. The Balaban J connectivity index is 2.27. The average molecular weight is 263 g/mol. The number of nitrogens with zero attached hydrogens (tertiary/aromatic N) is 1. The van der Waals surface area contributed by atoms with Crippen molar-refractivity contribution in [2.75, 3.05) is 25.9 Å². The van der Waals surface area contributed by atoms with Crippen LogP contribution in [0, 0.1) is 5.92 Å². The van der Waals surface area contributed by atoms with Crippen LogP contribution in [0.4, 0.5) is 0 Å². The van der Waals surface area contributed by atoms with E-state index in [1.807, 2.05) is 0 Å². The first-order valence-corrected chi connectivity index (χ1v) is 7.95. The van der Waals surface area contributed by atoms with Crippen LogP contribution in [0.3, 0.4) is 0 Å². The second kappa shape index (κ2) is 6.13. The number of rotatable bonds is 5. The molecule has 0 saturated carbocycles. The molecule has 0 aliphatic carbocycles. The van der Waals surface area contributed by atoms with Crippen LogP contribution in [0.25, 0.3) is 0 Å². The lowest BCUT2D eigenvalue weighted by Crippen LogP contribution is -2.51. The molecule has 1 aliphatic heterocycles. The highest BCUT2D eigenvalue weighted by Crippen LogP contribution is 2.20. The Hall–Kier alpha value is -0.170. The number of hydrogen-bond donors (Lipinski definition) is 2. The molecule has 1 aliphatic rings. The molecule has 0 aromatic heterocycles. The fraction of sp³-hybridized carbons (Fsp3) is 1.00. The fourth-order valence-corrected chi connectivity index (χ4v) is 2.93. The zero-order valence-corrected chi connectivity index (χ0v) is 11.8. The first-order chi connectivity index (χ1) is 7.79. The third kappa shape index (κ3) is 5.33. The maximum Gasteiger partial charge on any atom is 0.209 e.